The highest BCUT2D eigenvalue weighted by atomic mass is 16.7. The summed E-state index contributed by atoms with van der Waals surface area (Å²) in [6.45, 7) is 1.72. The van der Waals surface area contributed by atoms with E-state index in [2.05, 4.69) is 5.32 Å². The van der Waals surface area contributed by atoms with Crippen LogP contribution in [-0.2, 0) is 19.9 Å². The molecule has 2 aromatic carbocycles. The molecule has 166 valence electrons. The largest absolute Gasteiger partial charge is 0.513 e. The monoisotopic (exact) mass is 441 g/mol. The van der Waals surface area contributed by atoms with Crippen molar-refractivity contribution in [3.05, 3.63) is 59.7 Å². The number of carbonyl (C=O) groups excluding carboxylic acids is 5. The molecule has 0 aliphatic carbocycles. The number of amides is 5. The number of benzene rings is 2. The molecule has 1 aliphatic rings. The second-order valence-corrected chi connectivity index (χ2v) is 6.46. The maximum atomic E-state index is 13.0. The van der Waals surface area contributed by atoms with E-state index in [0.29, 0.717) is 0 Å². The van der Waals surface area contributed by atoms with Gasteiger partial charge < -0.3 is 19.5 Å². The molecule has 5 amide bonds. The summed E-state index contributed by atoms with van der Waals surface area (Å²) in [5, 5.41) is 6.41. The molecule has 0 atom stereocenters. The number of imide groups is 2. The van der Waals surface area contributed by atoms with Crippen LogP contribution < -0.4 is 25.4 Å². The van der Waals surface area contributed by atoms with Gasteiger partial charge in [0.2, 0.25) is 5.54 Å². The second kappa shape index (κ2) is 9.16. The highest BCUT2D eigenvalue weighted by Gasteiger charge is 2.53. The van der Waals surface area contributed by atoms with E-state index in [9.17, 15) is 24.0 Å². The van der Waals surface area contributed by atoms with Crippen LogP contribution in [0.25, 0.3) is 0 Å². The first-order valence-corrected chi connectivity index (χ1v) is 9.39. The number of carbonyl (C=O) groups is 5. The molecule has 1 aliphatic heterocycles. The Morgan fingerprint density at radius 2 is 1.62 bits per heavy atom. The van der Waals surface area contributed by atoms with Crippen molar-refractivity contribution in [1.29, 1.82) is 0 Å². The zero-order valence-corrected chi connectivity index (χ0v) is 17.1. The Balaban J connectivity index is 1.95. The molecule has 32 heavy (non-hydrogen) atoms. The van der Waals surface area contributed by atoms with E-state index in [1.54, 1.807) is 25.1 Å². The molecule has 0 unspecified atom stereocenters. The maximum Gasteiger partial charge on any atom is 0.513 e. The molecule has 1 saturated heterocycles. The normalized spacial score (nSPS) is 14.6. The number of hydrogen-bond acceptors (Lipinski definition) is 8. The van der Waals surface area contributed by atoms with E-state index in [1.807, 2.05) is 10.6 Å². The Morgan fingerprint density at radius 3 is 2.22 bits per heavy atom. The van der Waals surface area contributed by atoms with Gasteiger partial charge in [-0.1, -0.05) is 30.3 Å². The summed E-state index contributed by atoms with van der Waals surface area (Å²) >= 11 is 0. The molecule has 11 heteroatoms. The Hall–Kier alpha value is -4.41. The SMILES string of the molecule is CCOC(=O)Oc1ccc(C(=O)NC2(c3ccccc3)C(=O)NC(=O)NC2=O)cc1OC. The minimum absolute atomic E-state index is 0.000906. The van der Waals surface area contributed by atoms with Gasteiger partial charge in [-0.3, -0.25) is 25.0 Å². The zero-order valence-electron chi connectivity index (χ0n) is 17.1. The molecule has 0 spiro atoms. The Labute approximate surface area is 182 Å². The fraction of sp³-hybridized carbons (Fsp3) is 0.190. The van der Waals surface area contributed by atoms with Gasteiger partial charge in [-0.25, -0.2) is 9.59 Å². The van der Waals surface area contributed by atoms with Crippen molar-refractivity contribution in [2.75, 3.05) is 13.7 Å². The lowest BCUT2D eigenvalue weighted by Crippen LogP contribution is -2.71. The molecule has 1 fully saturated rings. The number of urea groups is 1. The molecular weight excluding hydrogens is 422 g/mol. The van der Waals surface area contributed by atoms with E-state index in [0.717, 1.165) is 0 Å². The summed E-state index contributed by atoms with van der Waals surface area (Å²) < 4.78 is 14.9. The summed E-state index contributed by atoms with van der Waals surface area (Å²) in [4.78, 5) is 61.7. The summed E-state index contributed by atoms with van der Waals surface area (Å²) in [5.41, 5.74) is -2.06. The third-order valence-electron chi connectivity index (χ3n) is 4.52. The van der Waals surface area contributed by atoms with E-state index in [4.69, 9.17) is 14.2 Å². The summed E-state index contributed by atoms with van der Waals surface area (Å²) in [6.07, 6.45) is -0.953. The summed E-state index contributed by atoms with van der Waals surface area (Å²) in [7, 11) is 1.30. The Bertz CT molecular complexity index is 1060. The predicted molar refractivity (Wildman–Crippen MR) is 108 cm³/mol. The average Bonchev–Trinajstić information content (AvgIpc) is 2.77. The topological polar surface area (TPSA) is 149 Å². The molecule has 3 rings (SSSR count). The minimum Gasteiger partial charge on any atom is -0.493 e. The molecule has 2 aromatic rings. The van der Waals surface area contributed by atoms with Crippen molar-refractivity contribution in [2.45, 2.75) is 12.5 Å². The quantitative estimate of drug-likeness (QED) is 0.344. The lowest BCUT2D eigenvalue weighted by molar-refractivity contribution is -0.139. The van der Waals surface area contributed by atoms with Crippen molar-refractivity contribution in [2.24, 2.45) is 0 Å². The van der Waals surface area contributed by atoms with E-state index >= 15 is 0 Å². The first-order valence-electron chi connectivity index (χ1n) is 9.39. The first-order chi connectivity index (χ1) is 15.3. The van der Waals surface area contributed by atoms with Crippen LogP contribution in [0.15, 0.2) is 48.5 Å². The highest BCUT2D eigenvalue weighted by Crippen LogP contribution is 2.30. The summed E-state index contributed by atoms with van der Waals surface area (Å²) in [5.74, 6) is -2.82. The van der Waals surface area contributed by atoms with Crippen molar-refractivity contribution in [1.82, 2.24) is 16.0 Å². The van der Waals surface area contributed by atoms with Gasteiger partial charge in [-0.15, -0.1) is 0 Å². The Morgan fingerprint density at radius 1 is 0.969 bits per heavy atom. The van der Waals surface area contributed by atoms with Crippen LogP contribution in [0.3, 0.4) is 0 Å². The number of ether oxygens (including phenoxy) is 3. The lowest BCUT2D eigenvalue weighted by Gasteiger charge is -2.34. The fourth-order valence-electron chi connectivity index (χ4n) is 3.04. The van der Waals surface area contributed by atoms with E-state index in [-0.39, 0.29) is 29.2 Å². The van der Waals surface area contributed by atoms with Crippen LogP contribution in [0.4, 0.5) is 9.59 Å². The van der Waals surface area contributed by atoms with Gasteiger partial charge in [0.1, 0.15) is 0 Å². The Kier molecular flexibility index (Phi) is 6.38. The molecule has 11 nitrogen and oxygen atoms in total. The van der Waals surface area contributed by atoms with E-state index in [1.165, 1.54) is 37.4 Å². The van der Waals surface area contributed by atoms with Crippen LogP contribution >= 0.6 is 0 Å². The molecule has 0 bridgehead atoms. The van der Waals surface area contributed by atoms with Crippen LogP contribution in [0.2, 0.25) is 0 Å². The van der Waals surface area contributed by atoms with Crippen molar-refractivity contribution in [3.63, 3.8) is 0 Å². The molecule has 1 heterocycles. The minimum atomic E-state index is -2.19. The average molecular weight is 441 g/mol. The van der Waals surface area contributed by atoms with Crippen molar-refractivity contribution < 1.29 is 38.2 Å². The first kappa shape index (κ1) is 22.3. The number of barbiturate groups is 1. The van der Waals surface area contributed by atoms with Crippen molar-refractivity contribution in [3.8, 4) is 11.5 Å². The molecule has 0 saturated carbocycles. The smallest absolute Gasteiger partial charge is 0.493 e. The standard InChI is InChI=1S/C21H19N3O8/c1-3-31-20(29)32-14-10-9-12(11-15(14)30-2)16(25)24-21(13-7-5-4-6-8-13)17(26)22-19(28)23-18(21)27/h4-11H,3H2,1-2H3,(H,24,25)(H2,22,23,26,27,28). The number of methoxy groups -OCH3 is 1. The third kappa shape index (κ3) is 4.21. The molecule has 0 radical (unpaired) electrons. The number of nitrogens with one attached hydrogen (secondary N) is 3. The van der Waals surface area contributed by atoms with Gasteiger partial charge in [0.25, 0.3) is 17.7 Å². The highest BCUT2D eigenvalue weighted by molar-refractivity contribution is 6.24. The lowest BCUT2D eigenvalue weighted by atomic mass is 9.86. The van der Waals surface area contributed by atoms with E-state index < -0.39 is 35.4 Å². The number of hydrogen-bond donors (Lipinski definition) is 3. The second-order valence-electron chi connectivity index (χ2n) is 6.46. The third-order valence-corrected chi connectivity index (χ3v) is 4.52. The van der Waals surface area contributed by atoms with Crippen LogP contribution in [0.1, 0.15) is 22.8 Å². The molecular formula is C21H19N3O8. The van der Waals surface area contributed by atoms with Crippen LogP contribution in [0.5, 0.6) is 11.5 Å². The number of rotatable bonds is 6. The maximum absolute atomic E-state index is 13.0. The van der Waals surface area contributed by atoms with Crippen molar-refractivity contribution >= 4 is 29.9 Å². The predicted octanol–water partition coefficient (Wildman–Crippen LogP) is 1.22. The van der Waals surface area contributed by atoms with Gasteiger partial charge in [0.05, 0.1) is 13.7 Å². The van der Waals surface area contributed by atoms with Crippen LogP contribution in [0, 0.1) is 0 Å². The van der Waals surface area contributed by atoms with Gasteiger partial charge in [0, 0.05) is 5.56 Å². The van der Waals surface area contributed by atoms with Gasteiger partial charge in [-0.2, -0.15) is 0 Å². The zero-order chi connectivity index (χ0) is 23.3. The van der Waals surface area contributed by atoms with Crippen LogP contribution in [-0.4, -0.2) is 43.6 Å². The van der Waals surface area contributed by atoms with Gasteiger partial charge >= 0.3 is 12.2 Å². The van der Waals surface area contributed by atoms with Gasteiger partial charge in [-0.05, 0) is 30.7 Å². The fourth-order valence-corrected chi connectivity index (χ4v) is 3.04. The molecule has 0 aromatic heterocycles. The van der Waals surface area contributed by atoms with Gasteiger partial charge in [0.15, 0.2) is 11.5 Å². The summed E-state index contributed by atoms with van der Waals surface area (Å²) in [6, 6.07) is 10.6. The molecule has 3 N–H and O–H groups in total.